The summed E-state index contributed by atoms with van der Waals surface area (Å²) in [4.78, 5) is 0. The molecule has 0 aromatic carbocycles. The van der Waals surface area contributed by atoms with Crippen molar-refractivity contribution in [3.8, 4) is 0 Å². The second-order valence-corrected chi connectivity index (χ2v) is 9.34. The van der Waals surface area contributed by atoms with Crippen molar-refractivity contribution in [2.75, 3.05) is 13.2 Å². The molecule has 4 fully saturated rings. The number of fused-ring (bicyclic) bond motifs is 1. The van der Waals surface area contributed by atoms with Gasteiger partial charge in [0.05, 0.1) is 12.2 Å². The lowest BCUT2D eigenvalue weighted by molar-refractivity contribution is -0.374. The van der Waals surface area contributed by atoms with Gasteiger partial charge in [-0.15, -0.1) is 0 Å². The van der Waals surface area contributed by atoms with Crippen LogP contribution in [0.2, 0.25) is 0 Å². The Hall–Kier alpha value is -0.280. The third kappa shape index (κ3) is 3.02. The molecule has 7 nitrogen and oxygen atoms in total. The summed E-state index contributed by atoms with van der Waals surface area (Å²) < 4.78 is 30.0. The van der Waals surface area contributed by atoms with Crippen LogP contribution >= 0.6 is 0 Å². The van der Waals surface area contributed by atoms with E-state index in [2.05, 4.69) is 0 Å². The molecule has 1 saturated carbocycles. The molecule has 150 valence electrons. The molecule has 3 heterocycles. The number of ether oxygens (including phenoxy) is 5. The highest BCUT2D eigenvalue weighted by molar-refractivity contribution is 5.13. The predicted molar refractivity (Wildman–Crippen MR) is 91.2 cm³/mol. The third-order valence-corrected chi connectivity index (χ3v) is 6.20. The standard InChI is InChI=1S/C19H32O7/c1-15(2)23-12-19(26-15)18(21,11-17(20)8-6-5-7-9-17)14-13(10-22-19)24-16(3,4)25-14/h13-14,20-21H,5-12H2,1-4H3/t13-,14-,18-,19+/m1/s1. The molecular formula is C19H32O7. The normalized spacial score (nSPS) is 46.4. The van der Waals surface area contributed by atoms with Crippen molar-refractivity contribution >= 4 is 0 Å². The number of hydrogen-bond donors (Lipinski definition) is 2. The van der Waals surface area contributed by atoms with Gasteiger partial charge < -0.3 is 33.9 Å². The first-order chi connectivity index (χ1) is 12.0. The Kier molecular flexibility index (Phi) is 4.29. The Bertz CT molecular complexity index is 554. The predicted octanol–water partition coefficient (Wildman–Crippen LogP) is 1.83. The zero-order valence-electron chi connectivity index (χ0n) is 16.2. The van der Waals surface area contributed by atoms with Crippen LogP contribution in [0.1, 0.15) is 66.2 Å². The SMILES string of the molecule is CC1(C)O[C@@H]2[C@@H](CO[C@]3(COC(C)(C)O3)[C@@]2(O)CC2(O)CCCCC2)O1. The van der Waals surface area contributed by atoms with Gasteiger partial charge in [0.1, 0.15) is 18.8 Å². The fourth-order valence-corrected chi connectivity index (χ4v) is 5.05. The third-order valence-electron chi connectivity index (χ3n) is 6.20. The number of hydrogen-bond acceptors (Lipinski definition) is 7. The van der Waals surface area contributed by atoms with Crippen molar-refractivity contribution < 1.29 is 33.9 Å². The minimum Gasteiger partial charge on any atom is -0.390 e. The Balaban J connectivity index is 1.70. The average Bonchev–Trinajstić information content (AvgIpc) is 3.02. The lowest BCUT2D eigenvalue weighted by atomic mass is 9.70. The smallest absolute Gasteiger partial charge is 0.227 e. The molecule has 2 N–H and O–H groups in total. The van der Waals surface area contributed by atoms with E-state index in [1.54, 1.807) is 13.8 Å². The van der Waals surface area contributed by atoms with Gasteiger partial charge in [0.2, 0.25) is 5.79 Å². The van der Waals surface area contributed by atoms with E-state index in [1.807, 2.05) is 13.8 Å². The van der Waals surface area contributed by atoms with Gasteiger partial charge in [0, 0.05) is 6.42 Å². The van der Waals surface area contributed by atoms with E-state index in [-0.39, 0.29) is 19.6 Å². The lowest BCUT2D eigenvalue weighted by Crippen LogP contribution is -2.72. The fraction of sp³-hybridized carbons (Fsp3) is 1.00. The Morgan fingerprint density at radius 1 is 0.885 bits per heavy atom. The second-order valence-electron chi connectivity index (χ2n) is 9.34. The van der Waals surface area contributed by atoms with E-state index < -0.39 is 40.8 Å². The molecule has 0 radical (unpaired) electrons. The topological polar surface area (TPSA) is 86.6 Å². The van der Waals surface area contributed by atoms with Crippen LogP contribution in [0.5, 0.6) is 0 Å². The van der Waals surface area contributed by atoms with E-state index in [1.165, 1.54) is 0 Å². The van der Waals surface area contributed by atoms with Crippen molar-refractivity contribution in [2.45, 2.75) is 107 Å². The fourth-order valence-electron chi connectivity index (χ4n) is 5.05. The average molecular weight is 372 g/mol. The van der Waals surface area contributed by atoms with Crippen LogP contribution < -0.4 is 0 Å². The molecule has 4 atom stereocenters. The zero-order valence-corrected chi connectivity index (χ0v) is 16.2. The first-order valence-electron chi connectivity index (χ1n) is 9.77. The van der Waals surface area contributed by atoms with Gasteiger partial charge in [-0.1, -0.05) is 19.3 Å². The molecule has 1 spiro atoms. The van der Waals surface area contributed by atoms with Gasteiger partial charge in [-0.05, 0) is 40.5 Å². The van der Waals surface area contributed by atoms with Gasteiger partial charge in [-0.3, -0.25) is 0 Å². The maximum atomic E-state index is 12.0. The zero-order chi connectivity index (χ0) is 18.8. The van der Waals surface area contributed by atoms with Crippen LogP contribution in [0.15, 0.2) is 0 Å². The minimum atomic E-state index is -1.58. The van der Waals surface area contributed by atoms with Crippen LogP contribution in [-0.4, -0.2) is 64.2 Å². The molecule has 0 aromatic rings. The summed E-state index contributed by atoms with van der Waals surface area (Å²) in [5, 5.41) is 23.2. The molecule has 0 amide bonds. The summed E-state index contributed by atoms with van der Waals surface area (Å²) in [7, 11) is 0. The Labute approximate surface area is 154 Å². The highest BCUT2D eigenvalue weighted by Crippen LogP contribution is 2.53. The first-order valence-corrected chi connectivity index (χ1v) is 9.77. The minimum absolute atomic E-state index is 0.0829. The molecular weight excluding hydrogens is 340 g/mol. The summed E-state index contributed by atoms with van der Waals surface area (Å²) in [6.45, 7) is 7.56. The van der Waals surface area contributed by atoms with Crippen LogP contribution in [0.25, 0.3) is 0 Å². The van der Waals surface area contributed by atoms with Crippen LogP contribution in [0.4, 0.5) is 0 Å². The summed E-state index contributed by atoms with van der Waals surface area (Å²) >= 11 is 0. The summed E-state index contributed by atoms with van der Waals surface area (Å²) in [6, 6.07) is 0. The molecule has 1 aliphatic carbocycles. The molecule has 7 heteroatoms. The first kappa shape index (κ1) is 19.1. The second kappa shape index (κ2) is 5.86. The molecule has 3 saturated heterocycles. The van der Waals surface area contributed by atoms with Gasteiger partial charge in [0.15, 0.2) is 17.2 Å². The lowest BCUT2D eigenvalue weighted by Gasteiger charge is -2.53. The summed E-state index contributed by atoms with van der Waals surface area (Å²) in [5.74, 6) is -3.10. The van der Waals surface area contributed by atoms with Gasteiger partial charge in [0.25, 0.3) is 0 Å². The summed E-state index contributed by atoms with van der Waals surface area (Å²) in [5.41, 5.74) is -2.55. The molecule has 0 unspecified atom stereocenters. The molecule has 26 heavy (non-hydrogen) atoms. The Morgan fingerprint density at radius 3 is 2.19 bits per heavy atom. The Morgan fingerprint density at radius 2 is 1.58 bits per heavy atom. The molecule has 0 aromatic heterocycles. The van der Waals surface area contributed by atoms with Crippen molar-refractivity contribution in [1.29, 1.82) is 0 Å². The van der Waals surface area contributed by atoms with E-state index in [9.17, 15) is 10.2 Å². The van der Waals surface area contributed by atoms with Crippen molar-refractivity contribution in [2.24, 2.45) is 0 Å². The quantitative estimate of drug-likeness (QED) is 0.765. The number of rotatable bonds is 2. The van der Waals surface area contributed by atoms with E-state index in [0.717, 1.165) is 19.3 Å². The highest BCUT2D eigenvalue weighted by atomic mass is 16.9. The van der Waals surface area contributed by atoms with Crippen molar-refractivity contribution in [3.05, 3.63) is 0 Å². The van der Waals surface area contributed by atoms with E-state index in [0.29, 0.717) is 12.8 Å². The van der Waals surface area contributed by atoms with Crippen LogP contribution in [0, 0.1) is 0 Å². The maximum Gasteiger partial charge on any atom is 0.227 e. The molecule has 0 bridgehead atoms. The summed E-state index contributed by atoms with van der Waals surface area (Å²) in [6.07, 6.45) is 3.33. The maximum absolute atomic E-state index is 12.0. The largest absolute Gasteiger partial charge is 0.390 e. The van der Waals surface area contributed by atoms with Gasteiger partial charge in [-0.25, -0.2) is 0 Å². The highest BCUT2D eigenvalue weighted by Gasteiger charge is 2.71. The van der Waals surface area contributed by atoms with Crippen LogP contribution in [-0.2, 0) is 23.7 Å². The van der Waals surface area contributed by atoms with Gasteiger partial charge in [-0.2, -0.15) is 0 Å². The van der Waals surface area contributed by atoms with E-state index >= 15 is 0 Å². The van der Waals surface area contributed by atoms with Crippen molar-refractivity contribution in [3.63, 3.8) is 0 Å². The van der Waals surface area contributed by atoms with Crippen LogP contribution in [0.3, 0.4) is 0 Å². The number of aliphatic hydroxyl groups is 2. The molecule has 4 rings (SSSR count). The van der Waals surface area contributed by atoms with Crippen molar-refractivity contribution in [1.82, 2.24) is 0 Å². The molecule has 4 aliphatic rings. The molecule has 3 aliphatic heterocycles. The van der Waals surface area contributed by atoms with Gasteiger partial charge >= 0.3 is 0 Å². The monoisotopic (exact) mass is 372 g/mol. The van der Waals surface area contributed by atoms with E-state index in [4.69, 9.17) is 23.7 Å².